The average molecular weight is 378 g/mol. The molecule has 4 fully saturated rings. The molecule has 1 saturated carbocycles. The Kier molecular flexibility index (Phi) is 5.54. The van der Waals surface area contributed by atoms with Gasteiger partial charge in [-0.1, -0.05) is 6.42 Å². The van der Waals surface area contributed by atoms with Gasteiger partial charge in [0.1, 0.15) is 7.05 Å². The van der Waals surface area contributed by atoms with E-state index in [1.165, 1.54) is 12.0 Å². The van der Waals surface area contributed by atoms with Crippen LogP contribution in [0.4, 0.5) is 0 Å². The summed E-state index contributed by atoms with van der Waals surface area (Å²) >= 11 is 0. The predicted molar refractivity (Wildman–Crippen MR) is 97.1 cm³/mol. The van der Waals surface area contributed by atoms with Crippen molar-refractivity contribution >= 4 is 0 Å². The minimum atomic E-state index is -0.701. The summed E-state index contributed by atoms with van der Waals surface area (Å²) < 4.78 is 20.0. The van der Waals surface area contributed by atoms with Crippen LogP contribution in [0, 0.1) is 11.8 Å². The van der Waals surface area contributed by atoms with E-state index < -0.39 is 11.4 Å². The lowest BCUT2D eigenvalue weighted by Gasteiger charge is -2.53. The maximum absolute atomic E-state index is 6.21. The first kappa shape index (κ1) is 19.3. The van der Waals surface area contributed by atoms with E-state index in [9.17, 15) is 0 Å². The van der Waals surface area contributed by atoms with E-state index in [1.54, 1.807) is 7.11 Å². The molecule has 150 valence electrons. The van der Waals surface area contributed by atoms with Crippen molar-refractivity contribution in [3.05, 3.63) is 30.1 Å². The second-order valence-electron chi connectivity index (χ2n) is 8.42. The third-order valence-electron chi connectivity index (χ3n) is 6.56. The highest BCUT2D eigenvalue weighted by Crippen LogP contribution is 2.55. The van der Waals surface area contributed by atoms with Gasteiger partial charge in [0, 0.05) is 32.3 Å². The number of aromatic nitrogens is 1. The number of aryl methyl sites for hydroxylation is 1. The Morgan fingerprint density at radius 2 is 2.00 bits per heavy atom. The number of rotatable bonds is 6. The lowest BCUT2D eigenvalue weighted by atomic mass is 9.65. The summed E-state index contributed by atoms with van der Waals surface area (Å²) in [5, 5.41) is 0. The highest BCUT2D eigenvalue weighted by Gasteiger charge is 2.63. The molecule has 2 bridgehead atoms. The van der Waals surface area contributed by atoms with Crippen molar-refractivity contribution in [2.75, 3.05) is 13.7 Å². The molecule has 1 aromatic rings. The van der Waals surface area contributed by atoms with Crippen LogP contribution >= 0.6 is 0 Å². The molecule has 1 aromatic heterocycles. The molecule has 0 unspecified atom stereocenters. The number of ether oxygens (including phenoxy) is 3. The summed E-state index contributed by atoms with van der Waals surface area (Å²) in [6.45, 7) is 3.27. The monoisotopic (exact) mass is 378 g/mol. The largest absolute Gasteiger partial charge is 0.377 e. The molecule has 4 heterocycles. The van der Waals surface area contributed by atoms with Gasteiger partial charge >= 0.3 is 0 Å². The van der Waals surface area contributed by atoms with Crippen molar-refractivity contribution in [2.45, 2.75) is 69.7 Å². The Hall–Kier alpha value is -1.05. The first-order valence-corrected chi connectivity index (χ1v) is 10.1. The lowest BCUT2D eigenvalue weighted by Crippen LogP contribution is -2.63. The first-order chi connectivity index (χ1) is 13.1. The van der Waals surface area contributed by atoms with Crippen LogP contribution in [0.3, 0.4) is 0 Å². The molecule has 6 nitrogen and oxygen atoms in total. The molecular formula is C21H32NO5+. The molecular weight excluding hydrogens is 346 g/mol. The number of methoxy groups -OCH3 is 1. The van der Waals surface area contributed by atoms with Gasteiger partial charge in [-0.2, -0.15) is 0 Å². The Bertz CT molecular complexity index is 638. The topological polar surface area (TPSA) is 50.0 Å². The summed E-state index contributed by atoms with van der Waals surface area (Å²) in [6, 6.07) is 4.18. The lowest BCUT2D eigenvalue weighted by molar-refractivity contribution is -0.671. The normalized spacial score (nSPS) is 38.4. The third-order valence-corrected chi connectivity index (χ3v) is 6.56. The summed E-state index contributed by atoms with van der Waals surface area (Å²) in [5.41, 5.74) is 0.667. The molecule has 0 amide bonds. The summed E-state index contributed by atoms with van der Waals surface area (Å²) in [4.78, 5) is 11.9. The molecule has 0 radical (unpaired) electrons. The van der Waals surface area contributed by atoms with E-state index in [1.807, 2.05) is 30.9 Å². The molecule has 27 heavy (non-hydrogen) atoms. The third kappa shape index (κ3) is 3.66. The molecule has 1 aliphatic carbocycles. The highest BCUT2D eigenvalue weighted by molar-refractivity contribution is 5.06. The van der Waals surface area contributed by atoms with Crippen LogP contribution in [-0.2, 0) is 37.6 Å². The quantitative estimate of drug-likeness (QED) is 0.433. The van der Waals surface area contributed by atoms with E-state index >= 15 is 0 Å². The van der Waals surface area contributed by atoms with E-state index in [2.05, 4.69) is 12.1 Å². The Balaban J connectivity index is 1.41. The highest BCUT2D eigenvalue weighted by atomic mass is 17.3. The van der Waals surface area contributed by atoms with Gasteiger partial charge in [-0.25, -0.2) is 14.3 Å². The second kappa shape index (κ2) is 7.76. The number of pyridine rings is 1. The van der Waals surface area contributed by atoms with Crippen LogP contribution in [0.25, 0.3) is 0 Å². The smallest absolute Gasteiger partial charge is 0.201 e. The Morgan fingerprint density at radius 3 is 2.78 bits per heavy atom. The summed E-state index contributed by atoms with van der Waals surface area (Å²) in [5.74, 6) is 0.00500. The van der Waals surface area contributed by atoms with Gasteiger partial charge in [0.05, 0.1) is 6.61 Å². The fraction of sp³-hybridized carbons (Fsp3) is 0.762. The van der Waals surface area contributed by atoms with E-state index in [0.717, 1.165) is 32.1 Å². The van der Waals surface area contributed by atoms with E-state index in [0.29, 0.717) is 25.0 Å². The number of hydrogen-bond donors (Lipinski definition) is 0. The summed E-state index contributed by atoms with van der Waals surface area (Å²) in [7, 11) is 3.73. The van der Waals surface area contributed by atoms with Crippen LogP contribution in [0.2, 0.25) is 0 Å². The van der Waals surface area contributed by atoms with Gasteiger partial charge in [-0.3, -0.25) is 0 Å². The maximum atomic E-state index is 6.21. The molecule has 4 aliphatic rings. The van der Waals surface area contributed by atoms with E-state index in [4.69, 9.17) is 24.0 Å². The van der Waals surface area contributed by atoms with Crippen LogP contribution in [0.1, 0.15) is 51.0 Å². The van der Waals surface area contributed by atoms with Crippen molar-refractivity contribution in [2.24, 2.45) is 18.9 Å². The molecule has 5 atom stereocenters. The van der Waals surface area contributed by atoms with Crippen molar-refractivity contribution in [3.8, 4) is 0 Å². The van der Waals surface area contributed by atoms with Crippen LogP contribution < -0.4 is 4.57 Å². The second-order valence-corrected chi connectivity index (χ2v) is 8.42. The van der Waals surface area contributed by atoms with Gasteiger partial charge in [0.25, 0.3) is 0 Å². The molecule has 0 N–H and O–H groups in total. The molecule has 0 aromatic carbocycles. The SMILES string of the molecule is CO[C@H]1O[C@@]2(C)CC[C@H]3CCC[C@@H](CCOCc4cc[n+](C)cc4)[C@]31OO2. The number of nitrogens with zero attached hydrogens (tertiary/aromatic N) is 1. The van der Waals surface area contributed by atoms with E-state index in [-0.39, 0.29) is 6.29 Å². The van der Waals surface area contributed by atoms with Crippen molar-refractivity contribution in [3.63, 3.8) is 0 Å². The average Bonchev–Trinajstić information content (AvgIpc) is 2.91. The molecule has 5 rings (SSSR count). The zero-order valence-corrected chi connectivity index (χ0v) is 16.7. The fourth-order valence-corrected chi connectivity index (χ4v) is 5.01. The van der Waals surface area contributed by atoms with Crippen molar-refractivity contribution < 1.29 is 28.6 Å². The van der Waals surface area contributed by atoms with Crippen molar-refractivity contribution in [1.29, 1.82) is 0 Å². The number of hydrogen-bond acceptors (Lipinski definition) is 5. The van der Waals surface area contributed by atoms with Gasteiger partial charge in [0.2, 0.25) is 5.79 Å². The number of fused-ring (bicyclic) bond motifs is 3. The molecule has 3 saturated heterocycles. The molecule has 3 aliphatic heterocycles. The van der Waals surface area contributed by atoms with Crippen LogP contribution in [0.5, 0.6) is 0 Å². The van der Waals surface area contributed by atoms with Gasteiger partial charge in [-0.05, 0) is 50.0 Å². The van der Waals surface area contributed by atoms with Gasteiger partial charge < -0.3 is 14.2 Å². The van der Waals surface area contributed by atoms with Crippen molar-refractivity contribution in [1.82, 2.24) is 0 Å². The van der Waals surface area contributed by atoms with Crippen LogP contribution in [-0.4, -0.2) is 31.4 Å². The zero-order chi connectivity index (χ0) is 18.9. The standard InChI is InChI=1S/C21H32NO5/c1-20-11-7-17-5-4-6-18(21(17,27-26-20)19(23-3)25-20)10-14-24-15-16-8-12-22(2)13-9-16/h8-9,12-13,17-19H,4-7,10-11,14-15H2,1-3H3/q+1/t17-,18+,19+,20-,21-/m1/s1. The van der Waals surface area contributed by atoms with Gasteiger partial charge in [0.15, 0.2) is 24.3 Å². The predicted octanol–water partition coefficient (Wildman–Crippen LogP) is 3.03. The molecule has 6 heteroatoms. The first-order valence-electron chi connectivity index (χ1n) is 10.1. The fourth-order valence-electron chi connectivity index (χ4n) is 5.01. The maximum Gasteiger partial charge on any atom is 0.201 e. The van der Waals surface area contributed by atoms with Crippen LogP contribution in [0.15, 0.2) is 24.5 Å². The summed E-state index contributed by atoms with van der Waals surface area (Å²) in [6.07, 6.45) is 9.94. The van der Waals surface area contributed by atoms with Gasteiger partial charge in [-0.15, -0.1) is 0 Å². The minimum Gasteiger partial charge on any atom is -0.377 e. The minimum absolute atomic E-state index is 0.303. The Labute approximate surface area is 161 Å². The Morgan fingerprint density at radius 1 is 1.19 bits per heavy atom. The molecule has 1 spiro atoms. The zero-order valence-electron chi connectivity index (χ0n) is 16.7.